The predicted molar refractivity (Wildman–Crippen MR) is 68.6 cm³/mol. The zero-order valence-electron chi connectivity index (χ0n) is 9.38. The van der Waals surface area contributed by atoms with Gasteiger partial charge in [0.15, 0.2) is 0 Å². The van der Waals surface area contributed by atoms with Gasteiger partial charge >= 0.3 is 0 Å². The Balaban J connectivity index is 2.56. The van der Waals surface area contributed by atoms with Crippen molar-refractivity contribution in [2.75, 3.05) is 0 Å². The first-order valence-electron chi connectivity index (χ1n) is 5.05. The Morgan fingerprint density at radius 1 is 1.29 bits per heavy atom. The fraction of sp³-hybridized carbons (Fsp3) is 0.154. The molecule has 0 fully saturated rings. The van der Waals surface area contributed by atoms with E-state index in [9.17, 15) is 9.18 Å². The third-order valence-electron chi connectivity index (χ3n) is 2.55. The molecule has 1 aromatic carbocycles. The van der Waals surface area contributed by atoms with Crippen LogP contribution in [0.25, 0.3) is 0 Å². The highest BCUT2D eigenvalue weighted by atomic mass is 35.5. The first-order chi connectivity index (χ1) is 8.00. The summed E-state index contributed by atoms with van der Waals surface area (Å²) >= 11 is 7.23. The fourth-order valence-corrected chi connectivity index (χ4v) is 2.93. The number of thiophene rings is 1. The molecule has 0 atom stereocenters. The van der Waals surface area contributed by atoms with Crippen molar-refractivity contribution in [1.82, 2.24) is 0 Å². The monoisotopic (exact) mass is 268 g/mol. The number of carbonyl (C=O) groups excluding carboxylic acids is 1. The van der Waals surface area contributed by atoms with Crippen molar-refractivity contribution in [3.8, 4) is 0 Å². The lowest BCUT2D eigenvalue weighted by Crippen LogP contribution is -2.05. The van der Waals surface area contributed by atoms with Gasteiger partial charge in [0.2, 0.25) is 5.78 Å². The molecule has 0 aliphatic carbocycles. The topological polar surface area (TPSA) is 17.1 Å². The van der Waals surface area contributed by atoms with E-state index >= 15 is 0 Å². The lowest BCUT2D eigenvalue weighted by Gasteiger charge is -2.08. The van der Waals surface area contributed by atoms with Crippen LogP contribution in [0.15, 0.2) is 23.6 Å². The Bertz CT molecular complexity index is 566. The normalized spacial score (nSPS) is 10.6. The van der Waals surface area contributed by atoms with E-state index in [-0.39, 0.29) is 11.6 Å². The molecule has 1 aromatic heterocycles. The molecule has 2 aromatic rings. The van der Waals surface area contributed by atoms with Crippen molar-refractivity contribution in [3.05, 3.63) is 56.0 Å². The smallest absolute Gasteiger partial charge is 0.204 e. The maximum absolute atomic E-state index is 13.2. The van der Waals surface area contributed by atoms with Crippen molar-refractivity contribution in [1.29, 1.82) is 0 Å². The van der Waals surface area contributed by atoms with Gasteiger partial charge in [-0.2, -0.15) is 0 Å². The second-order valence-electron chi connectivity index (χ2n) is 3.84. The van der Waals surface area contributed by atoms with Gasteiger partial charge in [-0.3, -0.25) is 4.79 Å². The fourth-order valence-electron chi connectivity index (χ4n) is 1.84. The quantitative estimate of drug-likeness (QED) is 0.739. The highest BCUT2D eigenvalue weighted by molar-refractivity contribution is 7.13. The van der Waals surface area contributed by atoms with E-state index in [0.29, 0.717) is 26.6 Å². The number of carbonyl (C=O) groups is 1. The molecular formula is C13H10ClFOS. The van der Waals surface area contributed by atoms with Gasteiger partial charge in [-0.1, -0.05) is 11.6 Å². The third-order valence-corrected chi connectivity index (χ3v) is 3.89. The largest absolute Gasteiger partial charge is 0.288 e. The summed E-state index contributed by atoms with van der Waals surface area (Å²) in [5.41, 5.74) is 1.81. The van der Waals surface area contributed by atoms with E-state index < -0.39 is 0 Å². The van der Waals surface area contributed by atoms with Crippen LogP contribution < -0.4 is 0 Å². The van der Waals surface area contributed by atoms with Gasteiger partial charge in [-0.25, -0.2) is 4.39 Å². The van der Waals surface area contributed by atoms with Crippen molar-refractivity contribution in [2.24, 2.45) is 0 Å². The molecule has 0 aliphatic rings. The summed E-state index contributed by atoms with van der Waals surface area (Å²) in [4.78, 5) is 12.8. The van der Waals surface area contributed by atoms with E-state index in [1.54, 1.807) is 25.3 Å². The van der Waals surface area contributed by atoms with Gasteiger partial charge in [0, 0.05) is 5.56 Å². The lowest BCUT2D eigenvalue weighted by atomic mass is 9.98. The lowest BCUT2D eigenvalue weighted by molar-refractivity contribution is 0.104. The molecule has 2 rings (SSSR count). The van der Waals surface area contributed by atoms with Gasteiger partial charge in [0.25, 0.3) is 0 Å². The van der Waals surface area contributed by atoms with E-state index in [4.69, 9.17) is 11.6 Å². The number of aryl methyl sites for hydroxylation is 2. The molecule has 0 unspecified atom stereocenters. The molecule has 0 spiro atoms. The van der Waals surface area contributed by atoms with E-state index in [1.807, 2.05) is 0 Å². The van der Waals surface area contributed by atoms with Crippen LogP contribution in [0.3, 0.4) is 0 Å². The number of halogens is 2. The van der Waals surface area contributed by atoms with Crippen molar-refractivity contribution in [3.63, 3.8) is 0 Å². The van der Waals surface area contributed by atoms with Gasteiger partial charge < -0.3 is 0 Å². The summed E-state index contributed by atoms with van der Waals surface area (Å²) in [6.07, 6.45) is 0. The van der Waals surface area contributed by atoms with Gasteiger partial charge in [-0.05, 0) is 48.6 Å². The summed E-state index contributed by atoms with van der Waals surface area (Å²) in [5, 5.41) is 2.21. The maximum Gasteiger partial charge on any atom is 0.204 e. The van der Waals surface area contributed by atoms with Crippen LogP contribution in [0.4, 0.5) is 4.39 Å². The van der Waals surface area contributed by atoms with Crippen LogP contribution in [0.2, 0.25) is 5.02 Å². The molecule has 88 valence electrons. The summed E-state index contributed by atoms with van der Waals surface area (Å²) in [7, 11) is 0. The minimum absolute atomic E-state index is 0.139. The number of hydrogen-bond acceptors (Lipinski definition) is 2. The Hall–Kier alpha value is -1.19. The van der Waals surface area contributed by atoms with Crippen molar-refractivity contribution in [2.45, 2.75) is 13.8 Å². The minimum Gasteiger partial charge on any atom is -0.288 e. The van der Waals surface area contributed by atoms with Crippen molar-refractivity contribution >= 4 is 28.7 Å². The molecule has 0 aliphatic heterocycles. The predicted octanol–water partition coefficient (Wildman–Crippen LogP) is 4.39. The van der Waals surface area contributed by atoms with Gasteiger partial charge in [0.05, 0.1) is 9.90 Å². The first kappa shape index (κ1) is 12.3. The van der Waals surface area contributed by atoms with Gasteiger partial charge in [-0.15, -0.1) is 11.3 Å². The molecule has 0 N–H and O–H groups in total. The molecule has 0 radical (unpaired) electrons. The van der Waals surface area contributed by atoms with Crippen LogP contribution in [-0.4, -0.2) is 5.78 Å². The van der Waals surface area contributed by atoms with Crippen LogP contribution in [0, 0.1) is 19.7 Å². The summed E-state index contributed by atoms with van der Waals surface area (Å²) in [6, 6.07) is 4.41. The van der Waals surface area contributed by atoms with Crippen molar-refractivity contribution < 1.29 is 9.18 Å². The molecule has 4 heteroatoms. The zero-order valence-corrected chi connectivity index (χ0v) is 11.0. The molecule has 0 amide bonds. The molecule has 0 bridgehead atoms. The second kappa shape index (κ2) is 4.59. The Morgan fingerprint density at radius 2 is 1.88 bits per heavy atom. The van der Waals surface area contributed by atoms with Crippen LogP contribution >= 0.6 is 22.9 Å². The average molecular weight is 269 g/mol. The summed E-state index contributed by atoms with van der Waals surface area (Å²) in [5.74, 6) is -0.464. The molecule has 17 heavy (non-hydrogen) atoms. The average Bonchev–Trinajstić information content (AvgIpc) is 2.62. The Morgan fingerprint density at radius 3 is 2.35 bits per heavy atom. The van der Waals surface area contributed by atoms with E-state index in [1.165, 1.54) is 23.5 Å². The Kier molecular flexibility index (Phi) is 3.31. The zero-order chi connectivity index (χ0) is 12.6. The molecule has 0 saturated heterocycles. The molecule has 1 heterocycles. The highest BCUT2D eigenvalue weighted by Crippen LogP contribution is 2.27. The summed E-state index contributed by atoms with van der Waals surface area (Å²) < 4.78 is 13.2. The molecule has 0 saturated carbocycles. The SMILES string of the molecule is Cc1cc(F)cc(C)c1C(=O)c1sccc1Cl. The van der Waals surface area contributed by atoms with Crippen LogP contribution in [0.1, 0.15) is 26.4 Å². The number of hydrogen-bond donors (Lipinski definition) is 0. The maximum atomic E-state index is 13.2. The first-order valence-corrected chi connectivity index (χ1v) is 6.31. The number of ketones is 1. The number of benzene rings is 1. The second-order valence-corrected chi connectivity index (χ2v) is 5.16. The molecular weight excluding hydrogens is 259 g/mol. The summed E-state index contributed by atoms with van der Waals surface area (Å²) in [6.45, 7) is 3.45. The highest BCUT2D eigenvalue weighted by Gasteiger charge is 2.18. The van der Waals surface area contributed by atoms with E-state index in [0.717, 1.165) is 0 Å². The van der Waals surface area contributed by atoms with E-state index in [2.05, 4.69) is 0 Å². The van der Waals surface area contributed by atoms with Crippen LogP contribution in [-0.2, 0) is 0 Å². The number of rotatable bonds is 2. The van der Waals surface area contributed by atoms with Gasteiger partial charge in [0.1, 0.15) is 5.82 Å². The third kappa shape index (κ3) is 2.26. The minimum atomic E-state index is -0.325. The Labute approximate surface area is 108 Å². The standard InChI is InChI=1S/C13H10ClFOS/c1-7-5-9(15)6-8(2)11(7)12(16)13-10(14)3-4-17-13/h3-6H,1-2H3. The molecule has 1 nitrogen and oxygen atoms in total. The van der Waals surface area contributed by atoms with Crippen LogP contribution in [0.5, 0.6) is 0 Å².